The van der Waals surface area contributed by atoms with Crippen molar-refractivity contribution >= 4 is 5.97 Å². The summed E-state index contributed by atoms with van der Waals surface area (Å²) >= 11 is 0. The Morgan fingerprint density at radius 3 is 2.60 bits per heavy atom. The van der Waals surface area contributed by atoms with Gasteiger partial charge in [0, 0.05) is 0 Å². The molecule has 0 aliphatic heterocycles. The Balaban J connectivity index is 3.23. The lowest BCUT2D eigenvalue weighted by Crippen LogP contribution is -2.11. The van der Waals surface area contributed by atoms with Crippen LogP contribution >= 0.6 is 0 Å². The molecule has 0 aliphatic rings. The second-order valence-electron chi connectivity index (χ2n) is 2.58. The molecule has 0 unspecified atom stereocenters. The summed E-state index contributed by atoms with van der Waals surface area (Å²) in [7, 11) is 0.995. The molecule has 7 heteroatoms. The van der Waals surface area contributed by atoms with Crippen LogP contribution in [0.3, 0.4) is 0 Å². The molecule has 0 saturated carbocycles. The normalized spacial score (nSPS) is 11.2. The molecule has 0 aromatic carbocycles. The molecule has 1 aromatic heterocycles. The topological polar surface area (TPSA) is 59.4 Å². The molecule has 0 aliphatic carbocycles. The van der Waals surface area contributed by atoms with E-state index in [2.05, 4.69) is 9.72 Å². The van der Waals surface area contributed by atoms with E-state index in [1.54, 1.807) is 0 Å². The summed E-state index contributed by atoms with van der Waals surface area (Å²) in [6, 6.07) is 0.432. The van der Waals surface area contributed by atoms with Crippen LogP contribution in [-0.2, 0) is 10.9 Å². The molecular formula is C8H6F3NO3. The van der Waals surface area contributed by atoms with Crippen LogP contribution in [0.15, 0.2) is 12.3 Å². The van der Waals surface area contributed by atoms with Crippen LogP contribution in [-0.4, -0.2) is 23.2 Å². The van der Waals surface area contributed by atoms with Gasteiger partial charge in [0.2, 0.25) is 0 Å². The van der Waals surface area contributed by atoms with Gasteiger partial charge in [0.15, 0.2) is 0 Å². The van der Waals surface area contributed by atoms with Crippen molar-refractivity contribution in [2.75, 3.05) is 7.11 Å². The molecule has 4 nitrogen and oxygen atoms in total. The highest BCUT2D eigenvalue weighted by Gasteiger charge is 2.33. The van der Waals surface area contributed by atoms with Crippen molar-refractivity contribution < 1.29 is 27.8 Å². The maximum atomic E-state index is 12.2. The smallest absolute Gasteiger partial charge is 0.433 e. The molecule has 0 radical (unpaired) electrons. The molecule has 1 aromatic rings. The summed E-state index contributed by atoms with van der Waals surface area (Å²) in [6.45, 7) is 0. The van der Waals surface area contributed by atoms with E-state index in [1.807, 2.05) is 0 Å². The zero-order chi connectivity index (χ0) is 11.6. The number of carbonyl (C=O) groups excluding carboxylic acids is 1. The van der Waals surface area contributed by atoms with Gasteiger partial charge < -0.3 is 9.84 Å². The van der Waals surface area contributed by atoms with E-state index >= 15 is 0 Å². The third kappa shape index (κ3) is 2.36. The minimum Gasteiger partial charge on any atom is -0.505 e. The number of rotatable bonds is 1. The fraction of sp³-hybridized carbons (Fsp3) is 0.250. The zero-order valence-electron chi connectivity index (χ0n) is 7.50. The molecule has 1 rings (SSSR count). The highest BCUT2D eigenvalue weighted by atomic mass is 19.4. The quantitative estimate of drug-likeness (QED) is 0.731. The van der Waals surface area contributed by atoms with Gasteiger partial charge in [-0.2, -0.15) is 13.2 Å². The summed E-state index contributed by atoms with van der Waals surface area (Å²) in [5.74, 6) is -1.71. The number of nitrogens with zero attached hydrogens (tertiary/aromatic N) is 1. The maximum absolute atomic E-state index is 12.2. The first-order valence-electron chi connectivity index (χ1n) is 3.70. The van der Waals surface area contributed by atoms with E-state index in [0.29, 0.717) is 12.3 Å². The van der Waals surface area contributed by atoms with Crippen LogP contribution in [0.4, 0.5) is 13.2 Å². The molecule has 0 spiro atoms. The first kappa shape index (κ1) is 11.3. The van der Waals surface area contributed by atoms with E-state index in [1.165, 1.54) is 0 Å². The molecule has 1 heterocycles. The van der Waals surface area contributed by atoms with Gasteiger partial charge in [-0.15, -0.1) is 0 Å². The Morgan fingerprint density at radius 2 is 2.13 bits per heavy atom. The molecule has 82 valence electrons. The van der Waals surface area contributed by atoms with Crippen LogP contribution in [0.2, 0.25) is 0 Å². The lowest BCUT2D eigenvalue weighted by Gasteiger charge is -2.07. The fourth-order valence-corrected chi connectivity index (χ4v) is 0.877. The number of carbonyl (C=O) groups is 1. The van der Waals surface area contributed by atoms with Gasteiger partial charge in [0.05, 0.1) is 13.3 Å². The van der Waals surface area contributed by atoms with Gasteiger partial charge in [-0.25, -0.2) is 9.78 Å². The molecule has 15 heavy (non-hydrogen) atoms. The van der Waals surface area contributed by atoms with Crippen molar-refractivity contribution in [3.8, 4) is 5.75 Å². The van der Waals surface area contributed by atoms with E-state index in [0.717, 1.165) is 7.11 Å². The highest BCUT2D eigenvalue weighted by Crippen LogP contribution is 2.30. The standard InChI is InChI=1S/C8H6F3NO3/c1-15-7(14)4-2-6(8(9,10)11)12-3-5(4)13/h2-3,13H,1H3. The summed E-state index contributed by atoms with van der Waals surface area (Å²) in [5.41, 5.74) is -1.83. The van der Waals surface area contributed by atoms with E-state index < -0.39 is 29.2 Å². The summed E-state index contributed by atoms with van der Waals surface area (Å²) < 4.78 is 40.7. The van der Waals surface area contributed by atoms with Crippen LogP contribution in [0.5, 0.6) is 5.75 Å². The first-order valence-corrected chi connectivity index (χ1v) is 3.70. The van der Waals surface area contributed by atoms with Gasteiger partial charge in [0.1, 0.15) is 17.0 Å². The number of ether oxygens (including phenoxy) is 1. The van der Waals surface area contributed by atoms with Gasteiger partial charge >= 0.3 is 12.1 Å². The average molecular weight is 221 g/mol. The van der Waals surface area contributed by atoms with Crippen LogP contribution in [0, 0.1) is 0 Å². The lowest BCUT2D eigenvalue weighted by molar-refractivity contribution is -0.141. The minimum atomic E-state index is -4.67. The Bertz CT molecular complexity index is 389. The number of methoxy groups -OCH3 is 1. The van der Waals surface area contributed by atoms with Crippen molar-refractivity contribution in [1.82, 2.24) is 4.98 Å². The molecule has 0 amide bonds. The number of hydrogen-bond donors (Lipinski definition) is 1. The molecule has 1 N–H and O–H groups in total. The first-order chi connectivity index (χ1) is 6.86. The average Bonchev–Trinajstić information content (AvgIpc) is 2.15. The lowest BCUT2D eigenvalue weighted by atomic mass is 10.2. The van der Waals surface area contributed by atoms with Crippen LogP contribution in [0.25, 0.3) is 0 Å². The molecule has 0 atom stereocenters. The van der Waals surface area contributed by atoms with Crippen molar-refractivity contribution in [1.29, 1.82) is 0 Å². The van der Waals surface area contributed by atoms with Gasteiger partial charge in [-0.3, -0.25) is 0 Å². The predicted molar refractivity (Wildman–Crippen MR) is 42.2 cm³/mol. The molecule has 0 saturated heterocycles. The minimum absolute atomic E-state index is 0.432. The van der Waals surface area contributed by atoms with E-state index in [4.69, 9.17) is 5.11 Å². The monoisotopic (exact) mass is 221 g/mol. The van der Waals surface area contributed by atoms with E-state index in [-0.39, 0.29) is 0 Å². The number of alkyl halides is 3. The van der Waals surface area contributed by atoms with Crippen LogP contribution < -0.4 is 0 Å². The van der Waals surface area contributed by atoms with Gasteiger partial charge in [-0.1, -0.05) is 0 Å². The molecule has 0 bridgehead atoms. The second-order valence-corrected chi connectivity index (χ2v) is 2.58. The maximum Gasteiger partial charge on any atom is 0.433 e. The van der Waals surface area contributed by atoms with E-state index in [9.17, 15) is 18.0 Å². The SMILES string of the molecule is COC(=O)c1cc(C(F)(F)F)ncc1O. The third-order valence-electron chi connectivity index (χ3n) is 1.58. The Labute approximate surface area is 82.3 Å². The summed E-state index contributed by atoms with van der Waals surface area (Å²) in [5, 5.41) is 9.07. The number of aromatic nitrogens is 1. The van der Waals surface area contributed by atoms with Gasteiger partial charge in [0.25, 0.3) is 0 Å². The van der Waals surface area contributed by atoms with Crippen molar-refractivity contribution in [3.05, 3.63) is 23.5 Å². The number of halogens is 3. The number of pyridine rings is 1. The fourth-order valence-electron chi connectivity index (χ4n) is 0.877. The number of esters is 1. The number of hydrogen-bond acceptors (Lipinski definition) is 4. The largest absolute Gasteiger partial charge is 0.505 e. The summed E-state index contributed by atoms with van der Waals surface area (Å²) in [4.78, 5) is 13.9. The Kier molecular flexibility index (Phi) is 2.83. The highest BCUT2D eigenvalue weighted by molar-refractivity contribution is 5.92. The summed E-state index contributed by atoms with van der Waals surface area (Å²) in [6.07, 6.45) is -4.12. The third-order valence-corrected chi connectivity index (χ3v) is 1.58. The van der Waals surface area contributed by atoms with Crippen molar-refractivity contribution in [2.24, 2.45) is 0 Å². The Hall–Kier alpha value is -1.79. The molecule has 0 fully saturated rings. The van der Waals surface area contributed by atoms with Crippen LogP contribution in [0.1, 0.15) is 16.1 Å². The van der Waals surface area contributed by atoms with Crippen molar-refractivity contribution in [2.45, 2.75) is 6.18 Å². The second kappa shape index (κ2) is 3.76. The zero-order valence-corrected chi connectivity index (χ0v) is 7.50. The van der Waals surface area contributed by atoms with Gasteiger partial charge in [-0.05, 0) is 6.07 Å². The predicted octanol–water partition coefficient (Wildman–Crippen LogP) is 1.59. The number of aromatic hydroxyl groups is 1. The van der Waals surface area contributed by atoms with Crippen molar-refractivity contribution in [3.63, 3.8) is 0 Å². The molecular weight excluding hydrogens is 215 g/mol. The Morgan fingerprint density at radius 1 is 1.53 bits per heavy atom.